The summed E-state index contributed by atoms with van der Waals surface area (Å²) in [5, 5.41) is 3.51. The van der Waals surface area contributed by atoms with Crippen LogP contribution < -0.4 is 10.1 Å². The first kappa shape index (κ1) is 18.1. The quantitative estimate of drug-likeness (QED) is 0.791. The van der Waals surface area contributed by atoms with E-state index in [2.05, 4.69) is 5.32 Å². The molecule has 1 aromatic carbocycles. The second kappa shape index (κ2) is 9.13. The molecule has 1 aliphatic heterocycles. The van der Waals surface area contributed by atoms with Crippen molar-refractivity contribution in [2.24, 2.45) is 0 Å². The van der Waals surface area contributed by atoms with Gasteiger partial charge in [-0.15, -0.1) is 0 Å². The van der Waals surface area contributed by atoms with Gasteiger partial charge in [0.25, 0.3) is 6.43 Å². The molecule has 0 saturated carbocycles. The van der Waals surface area contributed by atoms with Crippen molar-refractivity contribution in [2.45, 2.75) is 44.7 Å². The zero-order valence-corrected chi connectivity index (χ0v) is 13.5. The Hall–Kier alpha value is -1.27. The molecule has 3 nitrogen and oxygen atoms in total. The van der Waals surface area contributed by atoms with E-state index < -0.39 is 6.43 Å². The van der Waals surface area contributed by atoms with Gasteiger partial charge in [0, 0.05) is 12.1 Å². The zero-order chi connectivity index (χ0) is 16.7. The normalized spacial score (nSPS) is 18.3. The molecule has 0 bridgehead atoms. The standard InChI is InChI=1S/C17H25F3N2O/c1-2-13(12-23-16-6-4-3-5-15(16)18)21-14-7-9-22(10-8-14)11-17(19)20/h3-6,13-14,17,21H,2,7-12H2,1H3/t13-/m1/s1. The van der Waals surface area contributed by atoms with Crippen LogP contribution in [0.4, 0.5) is 13.2 Å². The van der Waals surface area contributed by atoms with E-state index in [0.717, 1.165) is 19.3 Å². The minimum absolute atomic E-state index is 0.126. The molecule has 0 aliphatic carbocycles. The molecule has 2 rings (SSSR count). The van der Waals surface area contributed by atoms with Crippen molar-refractivity contribution in [3.63, 3.8) is 0 Å². The van der Waals surface area contributed by atoms with Crippen molar-refractivity contribution in [1.82, 2.24) is 10.2 Å². The van der Waals surface area contributed by atoms with Crippen molar-refractivity contribution >= 4 is 0 Å². The fraction of sp³-hybridized carbons (Fsp3) is 0.647. The molecule has 0 spiro atoms. The maximum atomic E-state index is 13.5. The highest BCUT2D eigenvalue weighted by Crippen LogP contribution is 2.17. The van der Waals surface area contributed by atoms with Crippen molar-refractivity contribution in [2.75, 3.05) is 26.2 Å². The monoisotopic (exact) mass is 330 g/mol. The summed E-state index contributed by atoms with van der Waals surface area (Å²) in [4.78, 5) is 1.81. The molecule has 1 saturated heterocycles. The number of nitrogens with one attached hydrogen (secondary N) is 1. The van der Waals surface area contributed by atoms with E-state index in [0.29, 0.717) is 25.7 Å². The Bertz CT molecular complexity index is 465. The minimum atomic E-state index is -2.27. The van der Waals surface area contributed by atoms with Crippen LogP contribution in [0.5, 0.6) is 5.75 Å². The third-order valence-electron chi connectivity index (χ3n) is 4.22. The van der Waals surface area contributed by atoms with E-state index in [1.807, 2.05) is 6.92 Å². The number of ether oxygens (including phenoxy) is 1. The number of hydrogen-bond acceptors (Lipinski definition) is 3. The van der Waals surface area contributed by atoms with Gasteiger partial charge in [0.15, 0.2) is 11.6 Å². The highest BCUT2D eigenvalue weighted by atomic mass is 19.3. The number of likely N-dealkylation sites (tertiary alicyclic amines) is 1. The Morgan fingerprint density at radius 2 is 1.96 bits per heavy atom. The molecule has 0 radical (unpaired) electrons. The number of rotatable bonds is 8. The van der Waals surface area contributed by atoms with E-state index >= 15 is 0 Å². The van der Waals surface area contributed by atoms with Crippen molar-refractivity contribution < 1.29 is 17.9 Å². The van der Waals surface area contributed by atoms with Crippen molar-refractivity contribution in [3.8, 4) is 5.75 Å². The van der Waals surface area contributed by atoms with Crippen molar-refractivity contribution in [3.05, 3.63) is 30.1 Å². The largest absolute Gasteiger partial charge is 0.489 e. The number of alkyl halides is 2. The molecular formula is C17H25F3N2O. The summed E-state index contributed by atoms with van der Waals surface area (Å²) in [5.41, 5.74) is 0. The molecule has 6 heteroatoms. The highest BCUT2D eigenvalue weighted by molar-refractivity contribution is 5.23. The molecule has 1 aliphatic rings. The van der Waals surface area contributed by atoms with Crippen LogP contribution in [-0.4, -0.2) is 49.7 Å². The molecule has 0 amide bonds. The SMILES string of the molecule is CC[C@H](COc1ccccc1F)NC1CCN(CC(F)F)CC1. The Morgan fingerprint density at radius 1 is 1.26 bits per heavy atom. The highest BCUT2D eigenvalue weighted by Gasteiger charge is 2.23. The van der Waals surface area contributed by atoms with Crippen LogP contribution >= 0.6 is 0 Å². The van der Waals surface area contributed by atoms with E-state index in [1.54, 1.807) is 23.1 Å². The van der Waals surface area contributed by atoms with Gasteiger partial charge >= 0.3 is 0 Å². The van der Waals surface area contributed by atoms with Gasteiger partial charge in [-0.2, -0.15) is 0 Å². The fourth-order valence-corrected chi connectivity index (χ4v) is 2.85. The molecule has 1 aromatic rings. The molecule has 1 heterocycles. The van der Waals surface area contributed by atoms with Crippen molar-refractivity contribution in [1.29, 1.82) is 0 Å². The number of nitrogens with zero attached hydrogens (tertiary/aromatic N) is 1. The predicted octanol–water partition coefficient (Wildman–Crippen LogP) is 3.30. The summed E-state index contributed by atoms with van der Waals surface area (Å²) in [7, 11) is 0. The summed E-state index contributed by atoms with van der Waals surface area (Å²) in [6.07, 6.45) is 0.300. The first-order chi connectivity index (χ1) is 11.1. The van der Waals surface area contributed by atoms with E-state index in [4.69, 9.17) is 4.74 Å². The lowest BCUT2D eigenvalue weighted by atomic mass is 10.0. The molecular weight excluding hydrogens is 305 g/mol. The first-order valence-corrected chi connectivity index (χ1v) is 8.22. The zero-order valence-electron chi connectivity index (χ0n) is 13.5. The third kappa shape index (κ3) is 6.03. The Kier molecular flexibility index (Phi) is 7.17. The lowest BCUT2D eigenvalue weighted by Gasteiger charge is -2.34. The van der Waals surface area contributed by atoms with Gasteiger partial charge < -0.3 is 10.1 Å². The van der Waals surface area contributed by atoms with Gasteiger partial charge in [-0.05, 0) is 44.5 Å². The fourth-order valence-electron chi connectivity index (χ4n) is 2.85. The number of hydrogen-bond donors (Lipinski definition) is 1. The number of benzene rings is 1. The summed E-state index contributed by atoms with van der Waals surface area (Å²) in [6, 6.07) is 6.79. The molecule has 0 aromatic heterocycles. The number of halogens is 3. The van der Waals surface area contributed by atoms with Crippen LogP contribution in [0, 0.1) is 5.82 Å². The first-order valence-electron chi connectivity index (χ1n) is 8.22. The van der Waals surface area contributed by atoms with E-state index in [9.17, 15) is 13.2 Å². The van der Waals surface area contributed by atoms with Gasteiger partial charge in [-0.1, -0.05) is 19.1 Å². The topological polar surface area (TPSA) is 24.5 Å². The Morgan fingerprint density at radius 3 is 2.57 bits per heavy atom. The number of piperidine rings is 1. The van der Waals surface area contributed by atoms with Gasteiger partial charge in [0.05, 0.1) is 6.54 Å². The lowest BCUT2D eigenvalue weighted by molar-refractivity contribution is 0.0710. The molecule has 0 unspecified atom stereocenters. The maximum Gasteiger partial charge on any atom is 0.251 e. The molecule has 1 atom stereocenters. The van der Waals surface area contributed by atoms with Crippen LogP contribution in [0.25, 0.3) is 0 Å². The molecule has 23 heavy (non-hydrogen) atoms. The third-order valence-corrected chi connectivity index (χ3v) is 4.22. The maximum absolute atomic E-state index is 13.5. The summed E-state index contributed by atoms with van der Waals surface area (Å²) in [6.45, 7) is 3.68. The van der Waals surface area contributed by atoms with E-state index in [1.165, 1.54) is 6.07 Å². The molecule has 130 valence electrons. The summed E-state index contributed by atoms with van der Waals surface area (Å²) >= 11 is 0. The minimum Gasteiger partial charge on any atom is -0.489 e. The van der Waals surface area contributed by atoms with Crippen LogP contribution in [0.2, 0.25) is 0 Å². The molecule has 1 N–H and O–H groups in total. The average Bonchev–Trinajstić information content (AvgIpc) is 2.54. The van der Waals surface area contributed by atoms with Crippen LogP contribution in [0.1, 0.15) is 26.2 Å². The average molecular weight is 330 g/mol. The second-order valence-corrected chi connectivity index (χ2v) is 5.98. The van der Waals surface area contributed by atoms with Crippen LogP contribution in [0.15, 0.2) is 24.3 Å². The van der Waals surface area contributed by atoms with Gasteiger partial charge in [0.1, 0.15) is 6.61 Å². The number of para-hydroxylation sites is 1. The summed E-state index contributed by atoms with van der Waals surface area (Å²) in [5.74, 6) is -0.0952. The van der Waals surface area contributed by atoms with Gasteiger partial charge in [0.2, 0.25) is 0 Å². The molecule has 1 fully saturated rings. The Labute approximate surface area is 135 Å². The smallest absolute Gasteiger partial charge is 0.251 e. The van der Waals surface area contributed by atoms with Crippen LogP contribution in [0.3, 0.4) is 0 Å². The van der Waals surface area contributed by atoms with Gasteiger partial charge in [-0.3, -0.25) is 4.90 Å². The van der Waals surface area contributed by atoms with Gasteiger partial charge in [-0.25, -0.2) is 13.2 Å². The summed E-state index contributed by atoms with van der Waals surface area (Å²) < 4.78 is 43.8. The Balaban J connectivity index is 1.74. The lowest BCUT2D eigenvalue weighted by Crippen LogP contribution is -2.48. The second-order valence-electron chi connectivity index (χ2n) is 5.98. The van der Waals surface area contributed by atoms with E-state index in [-0.39, 0.29) is 24.2 Å². The predicted molar refractivity (Wildman–Crippen MR) is 84.6 cm³/mol. The van der Waals surface area contributed by atoms with Crippen LogP contribution in [-0.2, 0) is 0 Å².